The second kappa shape index (κ2) is 19.8. The molecule has 4 aliphatic heterocycles. The Morgan fingerprint density at radius 3 is 2.07 bits per heavy atom. The minimum atomic E-state index is -4.69. The lowest BCUT2D eigenvalue weighted by atomic mass is 10.0. The maximum atomic E-state index is 16.7. The van der Waals surface area contributed by atoms with E-state index in [2.05, 4.69) is 41.8 Å². The molecule has 0 aliphatic carbocycles. The Morgan fingerprint density at radius 2 is 1.46 bits per heavy atom. The maximum Gasteiger partial charge on any atom is 0.416 e. The fraction of sp³-hybridized carbons (Fsp3) is 0.392. The molecule has 3 atom stereocenters. The highest BCUT2D eigenvalue weighted by Gasteiger charge is 2.34. The van der Waals surface area contributed by atoms with E-state index < -0.39 is 29.3 Å². The smallest absolute Gasteiger partial charge is 0.416 e. The van der Waals surface area contributed by atoms with Crippen LogP contribution in [0.25, 0.3) is 27.5 Å². The third-order valence-electron chi connectivity index (χ3n) is 14.0. The van der Waals surface area contributed by atoms with E-state index in [0.29, 0.717) is 119 Å². The first-order valence-electron chi connectivity index (χ1n) is 23.8. The van der Waals surface area contributed by atoms with Crippen molar-refractivity contribution < 1.29 is 46.4 Å². The minimum Gasteiger partial charge on any atom is -0.508 e. The summed E-state index contributed by atoms with van der Waals surface area (Å²) in [6.07, 6.45) is -0.182. The van der Waals surface area contributed by atoms with E-state index in [-0.39, 0.29) is 52.6 Å². The molecule has 6 aromatic rings. The van der Waals surface area contributed by atoms with Gasteiger partial charge in [0.25, 0.3) is 5.69 Å². The van der Waals surface area contributed by atoms with Gasteiger partial charge in [-0.25, -0.2) is 4.39 Å². The molecule has 2 unspecified atom stereocenters. The number of piperazine rings is 2. The Balaban J connectivity index is 0.917. The summed E-state index contributed by atoms with van der Waals surface area (Å²) in [6.45, 7) is 8.36. The van der Waals surface area contributed by atoms with Crippen molar-refractivity contribution in [2.45, 2.75) is 38.5 Å². The number of phenolic OH excluding ortho intramolecular Hbond substituents is 1. The van der Waals surface area contributed by atoms with Crippen LogP contribution in [0.3, 0.4) is 0 Å². The van der Waals surface area contributed by atoms with Gasteiger partial charge < -0.3 is 44.8 Å². The average molecular weight is 975 g/mol. The Kier molecular flexibility index (Phi) is 13.2. The van der Waals surface area contributed by atoms with Crippen molar-refractivity contribution in [3.8, 4) is 17.5 Å². The number of aromatic nitrogens is 4. The van der Waals surface area contributed by atoms with Crippen molar-refractivity contribution in [2.75, 3.05) is 99.2 Å². The average Bonchev–Trinajstić information content (AvgIpc) is 4.14. The maximum absolute atomic E-state index is 16.7. The monoisotopic (exact) mass is 974 g/mol. The summed E-state index contributed by atoms with van der Waals surface area (Å²) in [5, 5.41) is 41.9. The van der Waals surface area contributed by atoms with Crippen LogP contribution < -0.4 is 25.1 Å². The van der Waals surface area contributed by atoms with Gasteiger partial charge >= 0.3 is 6.18 Å². The van der Waals surface area contributed by atoms with Gasteiger partial charge in [-0.15, -0.1) is 0 Å². The predicted octanol–water partition coefficient (Wildman–Crippen LogP) is 6.35. The van der Waals surface area contributed by atoms with Crippen LogP contribution >= 0.6 is 0 Å². The molecule has 2 amide bonds. The van der Waals surface area contributed by atoms with E-state index >= 15 is 4.39 Å². The molecule has 0 bridgehead atoms. The van der Waals surface area contributed by atoms with Crippen LogP contribution in [0.1, 0.15) is 48.1 Å². The first kappa shape index (κ1) is 47.3. The number of anilines is 4. The number of hydrogen-bond acceptors (Lipinski definition) is 13. The van der Waals surface area contributed by atoms with Crippen LogP contribution in [-0.2, 0) is 31.8 Å². The standard InChI is InChI=1S/C51H51F4N11O5/c1-31(35-20-36(51(53,54)55)22-39(67)21-35)60-45-28-59-66(46-7-4-38(24-41(45)46)63-12-16-65(17-13-63)50(69)34-9-19-71-30-34)47-6-2-32(48(52)42(47)25-56)26-57-44-27-58-61-43-5-3-37(23-40(43)44)62-10-14-64(15-11-62)49(68)33-8-18-70-29-33/h2-7,20-24,27-28,31,33-34H,8-19,26,29-30H2,1H3,(H2,57,61,67)/p+1/t31-,33?,34?/m1/s1. The van der Waals surface area contributed by atoms with Gasteiger partial charge in [-0.3, -0.25) is 9.59 Å². The molecule has 0 spiro atoms. The highest BCUT2D eigenvalue weighted by Crippen LogP contribution is 2.36. The van der Waals surface area contributed by atoms with Crippen LogP contribution in [-0.4, -0.2) is 121 Å². The molecule has 3 N–H and O–H groups in total. The summed E-state index contributed by atoms with van der Waals surface area (Å²) in [5.41, 5.74) is 3.21. The third kappa shape index (κ3) is 9.75. The van der Waals surface area contributed by atoms with E-state index in [0.717, 1.165) is 29.2 Å². The van der Waals surface area contributed by atoms with Crippen molar-refractivity contribution in [3.05, 3.63) is 107 Å². The van der Waals surface area contributed by atoms with Crippen LogP contribution in [0.4, 0.5) is 40.3 Å². The van der Waals surface area contributed by atoms with Crippen molar-refractivity contribution in [2.24, 2.45) is 11.8 Å². The van der Waals surface area contributed by atoms with Gasteiger partial charge in [-0.2, -0.15) is 28.6 Å². The Morgan fingerprint density at radius 1 is 0.831 bits per heavy atom. The number of halogens is 4. The molecule has 2 aromatic heterocycles. The van der Waals surface area contributed by atoms with Gasteiger partial charge in [-0.1, -0.05) is 0 Å². The first-order chi connectivity index (χ1) is 34.3. The molecule has 20 heteroatoms. The van der Waals surface area contributed by atoms with Crippen molar-refractivity contribution in [1.29, 1.82) is 5.26 Å². The van der Waals surface area contributed by atoms with E-state index in [1.54, 1.807) is 31.3 Å². The number of aromatic hydroxyl groups is 1. The van der Waals surface area contributed by atoms with Gasteiger partial charge in [-0.05, 0) is 84.6 Å². The molecular weight excluding hydrogens is 923 g/mol. The highest BCUT2D eigenvalue weighted by atomic mass is 19.4. The summed E-state index contributed by atoms with van der Waals surface area (Å²) in [7, 11) is 0. The lowest BCUT2D eigenvalue weighted by Crippen LogP contribution is -2.50. The second-order valence-electron chi connectivity index (χ2n) is 18.5. The van der Waals surface area contributed by atoms with Gasteiger partial charge in [0.2, 0.25) is 17.3 Å². The molecule has 71 heavy (non-hydrogen) atoms. The van der Waals surface area contributed by atoms with Crippen LogP contribution in [0, 0.1) is 29.0 Å². The van der Waals surface area contributed by atoms with E-state index in [1.807, 2.05) is 40.1 Å². The molecule has 10 rings (SSSR count). The zero-order valence-electron chi connectivity index (χ0n) is 39.0. The molecule has 4 aliphatic rings. The summed E-state index contributed by atoms with van der Waals surface area (Å²) >= 11 is 0. The van der Waals surface area contributed by atoms with Gasteiger partial charge in [0.15, 0.2) is 11.4 Å². The number of nitriles is 1. The Hall–Kier alpha value is -7.37. The number of amides is 2. The zero-order chi connectivity index (χ0) is 49.4. The van der Waals surface area contributed by atoms with Crippen LogP contribution in [0.15, 0.2) is 79.1 Å². The quantitative estimate of drug-likeness (QED) is 0.0970. The van der Waals surface area contributed by atoms with Gasteiger partial charge in [0, 0.05) is 118 Å². The summed E-state index contributed by atoms with van der Waals surface area (Å²) in [4.78, 5) is 34.3. The number of carbonyl (C=O) groups excluding carboxylic acids is 2. The number of ether oxygens (including phenoxy) is 2. The number of hydrogen-bond donors (Lipinski definition) is 3. The number of fused-ring (bicyclic) bond motifs is 2. The molecule has 16 nitrogen and oxygen atoms in total. The van der Waals surface area contributed by atoms with Crippen molar-refractivity contribution >= 4 is 56.4 Å². The third-order valence-corrected chi connectivity index (χ3v) is 14.0. The molecule has 4 fully saturated rings. The molecule has 4 aromatic carbocycles. The summed E-state index contributed by atoms with van der Waals surface area (Å²) in [6, 6.07) is 18.9. The van der Waals surface area contributed by atoms with E-state index in [1.165, 1.54) is 16.9 Å². The summed E-state index contributed by atoms with van der Waals surface area (Å²) < 4.78 is 70.4. The van der Waals surface area contributed by atoms with Crippen molar-refractivity contribution in [1.82, 2.24) is 25.1 Å². The Bertz CT molecular complexity index is 3030. The fourth-order valence-electron chi connectivity index (χ4n) is 9.99. The second-order valence-corrected chi connectivity index (χ2v) is 18.5. The van der Waals surface area contributed by atoms with Crippen molar-refractivity contribution in [3.63, 3.8) is 0 Å². The lowest BCUT2D eigenvalue weighted by Gasteiger charge is -2.37. The van der Waals surface area contributed by atoms with Crippen LogP contribution in [0.2, 0.25) is 0 Å². The normalized spacial score (nSPS) is 19.0. The molecule has 6 heterocycles. The SMILES string of the molecule is C[C@@H](Nc1cn[n+](-c2ccc(CNc3cnnc4ccc(N5CCN(C(=O)C6CCOC6)CC5)cc34)c(F)c2C#N)c2ccc(N3CCN(C(=O)C4CCOC4)CC3)cc12)c1cc(O)cc(C(F)(F)F)c1. The van der Waals surface area contributed by atoms with Crippen LogP contribution in [0.5, 0.6) is 5.75 Å². The number of rotatable bonds is 11. The molecular formula is C51H52F4N11O5+. The molecule has 4 saturated heterocycles. The Labute approximate surface area is 406 Å². The largest absolute Gasteiger partial charge is 0.508 e. The lowest BCUT2D eigenvalue weighted by molar-refractivity contribution is -0.633. The number of alkyl halides is 3. The first-order valence-corrected chi connectivity index (χ1v) is 23.8. The number of nitrogens with one attached hydrogen (secondary N) is 2. The summed E-state index contributed by atoms with van der Waals surface area (Å²) in [5.74, 6) is -1.28. The topological polar surface area (TPSA) is 176 Å². The molecule has 0 radical (unpaired) electrons. The fourth-order valence-corrected chi connectivity index (χ4v) is 9.99. The minimum absolute atomic E-state index is 0.00117. The number of nitrogens with zero attached hydrogens (tertiary/aromatic N) is 9. The van der Waals surface area contributed by atoms with Gasteiger partial charge in [0.1, 0.15) is 18.0 Å². The molecule has 0 saturated carbocycles. The van der Waals surface area contributed by atoms with Gasteiger partial charge in [0.05, 0.1) is 59.1 Å². The predicted molar refractivity (Wildman–Crippen MR) is 255 cm³/mol. The van der Waals surface area contributed by atoms with E-state index in [4.69, 9.17) is 9.47 Å². The number of phenols is 1. The number of benzene rings is 4. The number of carbonyl (C=O) groups is 2. The molecule has 368 valence electrons. The van der Waals surface area contributed by atoms with E-state index in [9.17, 15) is 33.1 Å². The highest BCUT2D eigenvalue weighted by molar-refractivity contribution is 5.93. The zero-order valence-corrected chi connectivity index (χ0v) is 39.0.